The molecule has 2 unspecified atom stereocenters. The minimum atomic E-state index is -0.914. The van der Waals surface area contributed by atoms with E-state index in [0.717, 1.165) is 6.42 Å². The molecule has 1 aliphatic rings. The monoisotopic (exact) mass is 310 g/mol. The molecule has 0 saturated carbocycles. The molecule has 1 aromatic heterocycles. The third-order valence-corrected chi connectivity index (χ3v) is 5.46. The Balaban J connectivity index is 2.00. The summed E-state index contributed by atoms with van der Waals surface area (Å²) in [5.74, 6) is -0.878. The number of aliphatic carboxylic acids is 1. The fourth-order valence-electron chi connectivity index (χ4n) is 2.51. The van der Waals surface area contributed by atoms with Gasteiger partial charge in [-0.05, 0) is 43.7 Å². The molecular formula is C15H22N2O3S. The number of carboxylic acids is 1. The van der Waals surface area contributed by atoms with Crippen LogP contribution in [0.25, 0.3) is 0 Å². The maximum Gasteiger partial charge on any atom is 0.317 e. The maximum absolute atomic E-state index is 12.4. The standard InChI is InChI=1S/C15H22N2O3S/c1-4-15(3,13(18)19)9-16-14(20)17-7-5-12-11(10(17)2)6-8-21-12/h6,8,10H,4-5,7,9H2,1-3H3,(H,16,20)(H,18,19). The number of amides is 2. The molecule has 21 heavy (non-hydrogen) atoms. The first kappa shape index (κ1) is 15.8. The molecule has 1 aromatic rings. The topological polar surface area (TPSA) is 69.6 Å². The molecule has 1 aliphatic heterocycles. The molecule has 6 heteroatoms. The van der Waals surface area contributed by atoms with Crippen molar-refractivity contribution >= 4 is 23.3 Å². The molecule has 0 spiro atoms. The van der Waals surface area contributed by atoms with Gasteiger partial charge in [-0.25, -0.2) is 4.79 Å². The van der Waals surface area contributed by atoms with Crippen molar-refractivity contribution in [2.45, 2.75) is 39.7 Å². The Labute approximate surface area is 129 Å². The van der Waals surface area contributed by atoms with Crippen molar-refractivity contribution in [3.8, 4) is 0 Å². The predicted molar refractivity (Wildman–Crippen MR) is 82.6 cm³/mol. The number of carbonyl (C=O) groups excluding carboxylic acids is 1. The summed E-state index contributed by atoms with van der Waals surface area (Å²) in [7, 11) is 0. The number of urea groups is 1. The van der Waals surface area contributed by atoms with E-state index in [1.807, 2.05) is 13.8 Å². The fraction of sp³-hybridized carbons (Fsp3) is 0.600. The first-order valence-electron chi connectivity index (χ1n) is 7.23. The third-order valence-electron chi connectivity index (χ3n) is 4.46. The van der Waals surface area contributed by atoms with Gasteiger partial charge in [-0.15, -0.1) is 11.3 Å². The van der Waals surface area contributed by atoms with E-state index in [9.17, 15) is 14.7 Å². The molecular weight excluding hydrogens is 288 g/mol. The molecule has 2 rings (SSSR count). The minimum Gasteiger partial charge on any atom is -0.481 e. The first-order chi connectivity index (χ1) is 9.89. The molecule has 2 atom stereocenters. The van der Waals surface area contributed by atoms with Gasteiger partial charge in [-0.3, -0.25) is 4.79 Å². The van der Waals surface area contributed by atoms with E-state index in [0.29, 0.717) is 13.0 Å². The Hall–Kier alpha value is -1.56. The van der Waals surface area contributed by atoms with E-state index >= 15 is 0 Å². The molecule has 0 aromatic carbocycles. The van der Waals surface area contributed by atoms with Gasteiger partial charge in [0.05, 0.1) is 11.5 Å². The number of hydrogen-bond acceptors (Lipinski definition) is 3. The van der Waals surface area contributed by atoms with E-state index in [1.54, 1.807) is 23.2 Å². The normalized spacial score (nSPS) is 20.5. The highest BCUT2D eigenvalue weighted by Crippen LogP contribution is 2.32. The van der Waals surface area contributed by atoms with Gasteiger partial charge in [-0.2, -0.15) is 0 Å². The Morgan fingerprint density at radius 3 is 2.90 bits per heavy atom. The van der Waals surface area contributed by atoms with Crippen LogP contribution in [0.15, 0.2) is 11.4 Å². The lowest BCUT2D eigenvalue weighted by molar-refractivity contribution is -0.147. The highest BCUT2D eigenvalue weighted by atomic mass is 32.1. The summed E-state index contributed by atoms with van der Waals surface area (Å²) < 4.78 is 0. The summed E-state index contributed by atoms with van der Waals surface area (Å²) in [4.78, 5) is 26.7. The van der Waals surface area contributed by atoms with Crippen LogP contribution in [0.4, 0.5) is 4.79 Å². The summed E-state index contributed by atoms with van der Waals surface area (Å²) in [6, 6.07) is 1.93. The Kier molecular flexibility index (Phi) is 4.56. The van der Waals surface area contributed by atoms with Crippen LogP contribution in [-0.2, 0) is 11.2 Å². The van der Waals surface area contributed by atoms with Crippen molar-refractivity contribution < 1.29 is 14.7 Å². The van der Waals surface area contributed by atoms with Gasteiger partial charge in [0.1, 0.15) is 0 Å². The highest BCUT2D eigenvalue weighted by molar-refractivity contribution is 7.10. The molecule has 116 valence electrons. The average molecular weight is 310 g/mol. The third kappa shape index (κ3) is 3.05. The summed E-state index contributed by atoms with van der Waals surface area (Å²) in [6.45, 7) is 6.32. The van der Waals surface area contributed by atoms with E-state index in [-0.39, 0.29) is 18.6 Å². The van der Waals surface area contributed by atoms with Gasteiger partial charge in [-0.1, -0.05) is 6.92 Å². The number of hydrogen-bond donors (Lipinski definition) is 2. The SMILES string of the molecule is CCC(C)(CNC(=O)N1CCc2sccc2C1C)C(=O)O. The van der Waals surface area contributed by atoms with E-state index in [4.69, 9.17) is 0 Å². The zero-order valence-corrected chi connectivity index (χ0v) is 13.5. The second kappa shape index (κ2) is 6.05. The van der Waals surface area contributed by atoms with Gasteiger partial charge < -0.3 is 15.3 Å². The Morgan fingerprint density at radius 1 is 1.57 bits per heavy atom. The van der Waals surface area contributed by atoms with Crippen LogP contribution in [-0.4, -0.2) is 35.1 Å². The fourth-order valence-corrected chi connectivity index (χ4v) is 3.47. The summed E-state index contributed by atoms with van der Waals surface area (Å²) >= 11 is 1.73. The zero-order valence-electron chi connectivity index (χ0n) is 12.7. The number of fused-ring (bicyclic) bond motifs is 1. The molecule has 2 heterocycles. The van der Waals surface area contributed by atoms with Crippen molar-refractivity contribution in [3.63, 3.8) is 0 Å². The van der Waals surface area contributed by atoms with E-state index in [1.165, 1.54) is 10.4 Å². The summed E-state index contributed by atoms with van der Waals surface area (Å²) in [6.07, 6.45) is 1.35. The molecule has 0 aliphatic carbocycles. The smallest absolute Gasteiger partial charge is 0.317 e. The predicted octanol–water partition coefficient (Wildman–Crippen LogP) is 2.88. The molecule has 0 radical (unpaired) electrons. The minimum absolute atomic E-state index is 0.0395. The lowest BCUT2D eigenvalue weighted by atomic mass is 9.88. The highest BCUT2D eigenvalue weighted by Gasteiger charge is 2.33. The average Bonchev–Trinajstić information content (AvgIpc) is 2.94. The molecule has 5 nitrogen and oxygen atoms in total. The second-order valence-corrected chi connectivity index (χ2v) is 6.80. The number of nitrogens with zero attached hydrogens (tertiary/aromatic N) is 1. The van der Waals surface area contributed by atoms with Crippen molar-refractivity contribution in [2.75, 3.05) is 13.1 Å². The summed E-state index contributed by atoms with van der Waals surface area (Å²) in [5, 5.41) is 14.1. The van der Waals surface area contributed by atoms with Gasteiger partial charge in [0.15, 0.2) is 0 Å². The van der Waals surface area contributed by atoms with Crippen LogP contribution in [0.2, 0.25) is 0 Å². The lowest BCUT2D eigenvalue weighted by Gasteiger charge is -2.34. The Bertz CT molecular complexity index is 543. The molecule has 0 saturated heterocycles. The van der Waals surface area contributed by atoms with Crippen LogP contribution in [0, 0.1) is 5.41 Å². The van der Waals surface area contributed by atoms with E-state index < -0.39 is 11.4 Å². The molecule has 0 fully saturated rings. The van der Waals surface area contributed by atoms with Crippen LogP contribution in [0.1, 0.15) is 43.7 Å². The van der Waals surface area contributed by atoms with Crippen molar-refractivity contribution in [1.82, 2.24) is 10.2 Å². The molecule has 2 N–H and O–H groups in total. The molecule has 0 bridgehead atoms. The summed E-state index contributed by atoms with van der Waals surface area (Å²) in [5.41, 5.74) is 0.292. The van der Waals surface area contributed by atoms with Gasteiger partial charge >= 0.3 is 12.0 Å². The first-order valence-corrected chi connectivity index (χ1v) is 8.11. The zero-order chi connectivity index (χ0) is 15.6. The Morgan fingerprint density at radius 2 is 2.29 bits per heavy atom. The van der Waals surface area contributed by atoms with E-state index in [2.05, 4.69) is 16.8 Å². The number of carbonyl (C=O) groups is 2. The second-order valence-electron chi connectivity index (χ2n) is 5.80. The number of carboxylic acid groups (broad SMARTS) is 1. The van der Waals surface area contributed by atoms with Crippen molar-refractivity contribution in [2.24, 2.45) is 5.41 Å². The lowest BCUT2D eigenvalue weighted by Crippen LogP contribution is -2.48. The van der Waals surface area contributed by atoms with Crippen LogP contribution >= 0.6 is 11.3 Å². The largest absolute Gasteiger partial charge is 0.481 e. The van der Waals surface area contributed by atoms with Gasteiger partial charge in [0.2, 0.25) is 0 Å². The van der Waals surface area contributed by atoms with Crippen molar-refractivity contribution in [3.05, 3.63) is 21.9 Å². The van der Waals surface area contributed by atoms with Gasteiger partial charge in [0, 0.05) is 18.0 Å². The molecule has 2 amide bonds. The van der Waals surface area contributed by atoms with Crippen molar-refractivity contribution in [1.29, 1.82) is 0 Å². The number of thiophene rings is 1. The number of nitrogens with one attached hydrogen (secondary N) is 1. The van der Waals surface area contributed by atoms with Crippen LogP contribution < -0.4 is 5.32 Å². The van der Waals surface area contributed by atoms with Gasteiger partial charge in [0.25, 0.3) is 0 Å². The number of rotatable bonds is 4. The quantitative estimate of drug-likeness (QED) is 0.898. The maximum atomic E-state index is 12.4. The van der Waals surface area contributed by atoms with Crippen LogP contribution in [0.3, 0.4) is 0 Å². The van der Waals surface area contributed by atoms with Crippen LogP contribution in [0.5, 0.6) is 0 Å².